The standard InChI is InChI=1S/C10H18O4/c1-7-5-6-8(2,10(4,12)13-7)14-9(7,3)11/h11-12H,5-6H2,1-4H3/t7?,8?,9-,10?/m1/s1. The van der Waals surface area contributed by atoms with E-state index in [0.717, 1.165) is 0 Å². The largest absolute Gasteiger partial charge is 0.363 e. The second-order valence-electron chi connectivity index (χ2n) is 5.13. The number of hydrogen-bond donors (Lipinski definition) is 2. The van der Waals surface area contributed by atoms with Crippen molar-refractivity contribution in [2.75, 3.05) is 0 Å². The molecule has 3 rings (SSSR count). The van der Waals surface area contributed by atoms with Crippen LogP contribution in [0.3, 0.4) is 0 Å². The Kier molecular flexibility index (Phi) is 1.72. The highest BCUT2D eigenvalue weighted by molar-refractivity contribution is 5.08. The van der Waals surface area contributed by atoms with E-state index >= 15 is 0 Å². The molecular formula is C10H18O4. The molecule has 0 radical (unpaired) electrons. The molecule has 3 aliphatic rings. The summed E-state index contributed by atoms with van der Waals surface area (Å²) in [7, 11) is 0. The van der Waals surface area contributed by atoms with Crippen LogP contribution in [0.5, 0.6) is 0 Å². The van der Waals surface area contributed by atoms with Gasteiger partial charge in [0, 0.05) is 0 Å². The summed E-state index contributed by atoms with van der Waals surface area (Å²) in [6.45, 7) is 6.69. The summed E-state index contributed by atoms with van der Waals surface area (Å²) in [5, 5.41) is 20.1. The molecule has 14 heavy (non-hydrogen) atoms. The van der Waals surface area contributed by atoms with Crippen molar-refractivity contribution >= 4 is 0 Å². The first-order chi connectivity index (χ1) is 6.12. The van der Waals surface area contributed by atoms with Crippen LogP contribution in [0.15, 0.2) is 0 Å². The summed E-state index contributed by atoms with van der Waals surface area (Å²) in [4.78, 5) is 0. The lowest BCUT2D eigenvalue weighted by Gasteiger charge is -2.63. The van der Waals surface area contributed by atoms with Crippen LogP contribution < -0.4 is 0 Å². The molecule has 82 valence electrons. The summed E-state index contributed by atoms with van der Waals surface area (Å²) in [6, 6.07) is 0. The number of aliphatic hydroxyl groups is 2. The topological polar surface area (TPSA) is 58.9 Å². The number of hydrogen-bond acceptors (Lipinski definition) is 4. The van der Waals surface area contributed by atoms with Gasteiger partial charge in [-0.2, -0.15) is 0 Å². The first kappa shape index (κ1) is 10.4. The first-order valence-electron chi connectivity index (χ1n) is 4.97. The quantitative estimate of drug-likeness (QED) is 0.609. The van der Waals surface area contributed by atoms with Crippen molar-refractivity contribution in [3.8, 4) is 0 Å². The van der Waals surface area contributed by atoms with Crippen molar-refractivity contribution in [3.63, 3.8) is 0 Å². The SMILES string of the molecule is CC1(O)OC2(C)CCC1(C)O[C@@]2(C)O. The molecule has 3 aliphatic heterocycles. The minimum Gasteiger partial charge on any atom is -0.363 e. The molecule has 4 heteroatoms. The molecule has 3 saturated heterocycles. The molecule has 3 unspecified atom stereocenters. The van der Waals surface area contributed by atoms with Crippen LogP contribution in [-0.2, 0) is 9.47 Å². The summed E-state index contributed by atoms with van der Waals surface area (Å²) >= 11 is 0. The Bertz CT molecular complexity index is 245. The van der Waals surface area contributed by atoms with Gasteiger partial charge in [-0.05, 0) is 40.5 Å². The van der Waals surface area contributed by atoms with E-state index in [4.69, 9.17) is 9.47 Å². The summed E-state index contributed by atoms with van der Waals surface area (Å²) in [6.07, 6.45) is 1.37. The average Bonchev–Trinajstić information content (AvgIpc) is 1.94. The van der Waals surface area contributed by atoms with Crippen molar-refractivity contribution in [2.24, 2.45) is 0 Å². The highest BCUT2D eigenvalue weighted by Crippen LogP contribution is 2.54. The minimum absolute atomic E-state index is 0.687. The van der Waals surface area contributed by atoms with E-state index in [0.29, 0.717) is 12.8 Å². The van der Waals surface area contributed by atoms with E-state index in [9.17, 15) is 10.2 Å². The molecule has 2 bridgehead atoms. The Morgan fingerprint density at radius 1 is 0.786 bits per heavy atom. The van der Waals surface area contributed by atoms with Gasteiger partial charge in [-0.1, -0.05) is 0 Å². The zero-order valence-corrected chi connectivity index (χ0v) is 9.13. The summed E-state index contributed by atoms with van der Waals surface area (Å²) < 4.78 is 11.1. The summed E-state index contributed by atoms with van der Waals surface area (Å²) in [5.41, 5.74) is -1.65. The molecule has 4 nitrogen and oxygen atoms in total. The third-order valence-corrected chi connectivity index (χ3v) is 3.89. The van der Waals surface area contributed by atoms with Crippen molar-refractivity contribution in [3.05, 3.63) is 0 Å². The van der Waals surface area contributed by atoms with Crippen LogP contribution in [0.4, 0.5) is 0 Å². The zero-order chi connectivity index (χ0) is 10.8. The van der Waals surface area contributed by atoms with E-state index in [-0.39, 0.29) is 0 Å². The molecule has 3 fully saturated rings. The highest BCUT2D eigenvalue weighted by atomic mass is 16.8. The predicted molar refractivity (Wildman–Crippen MR) is 49.5 cm³/mol. The smallest absolute Gasteiger partial charge is 0.192 e. The first-order valence-corrected chi connectivity index (χ1v) is 4.97. The van der Waals surface area contributed by atoms with Crippen LogP contribution in [0.1, 0.15) is 40.5 Å². The van der Waals surface area contributed by atoms with Crippen molar-refractivity contribution < 1.29 is 19.7 Å². The normalized spacial score (nSPS) is 63.0. The van der Waals surface area contributed by atoms with Crippen LogP contribution in [0.2, 0.25) is 0 Å². The average molecular weight is 202 g/mol. The van der Waals surface area contributed by atoms with Crippen LogP contribution in [0.25, 0.3) is 0 Å². The lowest BCUT2D eigenvalue weighted by Crippen LogP contribution is -2.76. The molecule has 0 aromatic rings. The fraction of sp³-hybridized carbons (Fsp3) is 1.00. The molecule has 0 saturated carbocycles. The van der Waals surface area contributed by atoms with Crippen molar-refractivity contribution in [1.82, 2.24) is 0 Å². The molecule has 2 N–H and O–H groups in total. The minimum atomic E-state index is -1.33. The molecule has 0 amide bonds. The fourth-order valence-corrected chi connectivity index (χ4v) is 2.33. The maximum absolute atomic E-state index is 10.1. The van der Waals surface area contributed by atoms with Gasteiger partial charge in [0.2, 0.25) is 0 Å². The van der Waals surface area contributed by atoms with Crippen LogP contribution >= 0.6 is 0 Å². The van der Waals surface area contributed by atoms with Gasteiger partial charge in [-0.25, -0.2) is 0 Å². The van der Waals surface area contributed by atoms with Gasteiger partial charge in [0.05, 0.1) is 0 Å². The van der Waals surface area contributed by atoms with Crippen molar-refractivity contribution in [2.45, 2.75) is 63.3 Å². The maximum atomic E-state index is 10.1. The zero-order valence-electron chi connectivity index (χ0n) is 9.13. The third-order valence-electron chi connectivity index (χ3n) is 3.89. The van der Waals surface area contributed by atoms with Gasteiger partial charge in [0.1, 0.15) is 11.2 Å². The van der Waals surface area contributed by atoms with Gasteiger partial charge < -0.3 is 19.7 Å². The highest BCUT2D eigenvalue weighted by Gasteiger charge is 2.67. The van der Waals surface area contributed by atoms with Gasteiger partial charge in [-0.3, -0.25) is 0 Å². The van der Waals surface area contributed by atoms with Gasteiger partial charge in [0.15, 0.2) is 11.6 Å². The molecule has 4 atom stereocenters. The van der Waals surface area contributed by atoms with Gasteiger partial charge in [-0.15, -0.1) is 0 Å². The molecular weight excluding hydrogens is 184 g/mol. The Labute approximate surface area is 83.8 Å². The Balaban J connectivity index is 2.43. The molecule has 0 spiro atoms. The summed E-state index contributed by atoms with van der Waals surface area (Å²) in [5.74, 6) is -2.66. The Hall–Kier alpha value is -0.160. The van der Waals surface area contributed by atoms with E-state index < -0.39 is 22.8 Å². The van der Waals surface area contributed by atoms with Gasteiger partial charge in [0.25, 0.3) is 0 Å². The lowest BCUT2D eigenvalue weighted by molar-refractivity contribution is -0.497. The lowest BCUT2D eigenvalue weighted by atomic mass is 9.74. The fourth-order valence-electron chi connectivity index (χ4n) is 2.33. The predicted octanol–water partition coefficient (Wildman–Crippen LogP) is 0.761. The van der Waals surface area contributed by atoms with E-state index in [1.165, 1.54) is 0 Å². The second-order valence-corrected chi connectivity index (χ2v) is 5.13. The Morgan fingerprint density at radius 3 is 1.29 bits per heavy atom. The molecule has 0 aromatic carbocycles. The number of rotatable bonds is 0. The second kappa shape index (κ2) is 2.32. The van der Waals surface area contributed by atoms with Crippen LogP contribution in [-0.4, -0.2) is 33.0 Å². The maximum Gasteiger partial charge on any atom is 0.192 e. The molecule has 0 aliphatic carbocycles. The number of ether oxygens (including phenoxy) is 2. The monoisotopic (exact) mass is 202 g/mol. The number of fused-ring (bicyclic) bond motifs is 3. The van der Waals surface area contributed by atoms with E-state index in [2.05, 4.69) is 0 Å². The Morgan fingerprint density at radius 2 is 1.07 bits per heavy atom. The van der Waals surface area contributed by atoms with E-state index in [1.54, 1.807) is 27.7 Å². The van der Waals surface area contributed by atoms with Gasteiger partial charge >= 0.3 is 0 Å². The molecule has 0 aromatic heterocycles. The van der Waals surface area contributed by atoms with E-state index in [1.807, 2.05) is 0 Å². The molecule has 3 heterocycles. The van der Waals surface area contributed by atoms with Crippen molar-refractivity contribution in [1.29, 1.82) is 0 Å². The van der Waals surface area contributed by atoms with Crippen LogP contribution in [0, 0.1) is 0 Å². The third kappa shape index (κ3) is 1.03.